The van der Waals surface area contributed by atoms with Gasteiger partial charge in [0, 0.05) is 19.3 Å². The standard InChI is InChI=1S/C45H86O6/c1-4-7-10-13-15-17-19-21-22-24-25-27-29-32-35-38-44(47)50-41-42(40-49-43(46)37-34-31-12-9-6-3)51-45(48)39-36-33-30-28-26-23-20-18-16-14-11-8-5-2/h42H,4-41H2,1-3H3/t42-/m1/s1. The molecule has 0 unspecified atom stereocenters. The molecule has 0 amide bonds. The van der Waals surface area contributed by atoms with E-state index in [1.807, 2.05) is 0 Å². The maximum atomic E-state index is 12.6. The molecule has 51 heavy (non-hydrogen) atoms. The van der Waals surface area contributed by atoms with Gasteiger partial charge in [-0.05, 0) is 19.3 Å². The number of rotatable bonds is 41. The van der Waals surface area contributed by atoms with Crippen LogP contribution < -0.4 is 0 Å². The Bertz CT molecular complexity index is 753. The largest absolute Gasteiger partial charge is 0.462 e. The van der Waals surface area contributed by atoms with Crippen LogP contribution in [0.15, 0.2) is 0 Å². The van der Waals surface area contributed by atoms with E-state index in [1.165, 1.54) is 148 Å². The van der Waals surface area contributed by atoms with Crippen LogP contribution in [0.5, 0.6) is 0 Å². The van der Waals surface area contributed by atoms with Crippen LogP contribution in [0.4, 0.5) is 0 Å². The molecule has 0 saturated carbocycles. The Kier molecular flexibility index (Phi) is 39.9. The van der Waals surface area contributed by atoms with Crippen LogP contribution in [-0.4, -0.2) is 37.2 Å². The Morgan fingerprint density at radius 3 is 0.784 bits per heavy atom. The van der Waals surface area contributed by atoms with Crippen molar-refractivity contribution in [3.8, 4) is 0 Å². The lowest BCUT2D eigenvalue weighted by Crippen LogP contribution is -2.30. The lowest BCUT2D eigenvalue weighted by Gasteiger charge is -2.18. The summed E-state index contributed by atoms with van der Waals surface area (Å²) >= 11 is 0. The summed E-state index contributed by atoms with van der Waals surface area (Å²) in [6, 6.07) is 0. The summed E-state index contributed by atoms with van der Waals surface area (Å²) in [7, 11) is 0. The Balaban J connectivity index is 4.17. The smallest absolute Gasteiger partial charge is 0.306 e. The zero-order valence-electron chi connectivity index (χ0n) is 34.4. The molecule has 0 fully saturated rings. The number of esters is 3. The van der Waals surface area contributed by atoms with Crippen LogP contribution in [0.2, 0.25) is 0 Å². The van der Waals surface area contributed by atoms with Crippen molar-refractivity contribution in [2.24, 2.45) is 0 Å². The summed E-state index contributed by atoms with van der Waals surface area (Å²) < 4.78 is 16.6. The molecule has 0 N–H and O–H groups in total. The molecular weight excluding hydrogens is 636 g/mol. The number of carbonyl (C=O) groups is 3. The van der Waals surface area contributed by atoms with E-state index in [9.17, 15) is 14.4 Å². The van der Waals surface area contributed by atoms with E-state index < -0.39 is 6.10 Å². The topological polar surface area (TPSA) is 78.9 Å². The summed E-state index contributed by atoms with van der Waals surface area (Å²) in [5, 5.41) is 0. The molecule has 0 aromatic rings. The van der Waals surface area contributed by atoms with Crippen LogP contribution in [-0.2, 0) is 28.6 Å². The van der Waals surface area contributed by atoms with Gasteiger partial charge in [0.15, 0.2) is 6.10 Å². The molecule has 0 aliphatic carbocycles. The molecule has 6 nitrogen and oxygen atoms in total. The van der Waals surface area contributed by atoms with Gasteiger partial charge in [-0.15, -0.1) is 0 Å². The highest BCUT2D eigenvalue weighted by Crippen LogP contribution is 2.16. The highest BCUT2D eigenvalue weighted by Gasteiger charge is 2.19. The van der Waals surface area contributed by atoms with E-state index in [0.717, 1.165) is 64.2 Å². The molecule has 0 rings (SSSR count). The molecule has 0 saturated heterocycles. The minimum atomic E-state index is -0.756. The molecule has 0 aromatic carbocycles. The maximum Gasteiger partial charge on any atom is 0.306 e. The number of carbonyl (C=O) groups excluding carboxylic acids is 3. The average Bonchev–Trinajstić information content (AvgIpc) is 3.12. The molecule has 0 aliphatic heterocycles. The van der Waals surface area contributed by atoms with Gasteiger partial charge in [0.1, 0.15) is 13.2 Å². The molecule has 0 spiro atoms. The third-order valence-corrected chi connectivity index (χ3v) is 10.1. The minimum absolute atomic E-state index is 0.0638. The lowest BCUT2D eigenvalue weighted by molar-refractivity contribution is -0.167. The first kappa shape index (κ1) is 49.4. The van der Waals surface area contributed by atoms with Crippen LogP contribution in [0.3, 0.4) is 0 Å². The Morgan fingerprint density at radius 2 is 0.529 bits per heavy atom. The first-order valence-electron chi connectivity index (χ1n) is 22.5. The molecular formula is C45H86O6. The Labute approximate surface area is 317 Å². The maximum absolute atomic E-state index is 12.6. The summed E-state index contributed by atoms with van der Waals surface area (Å²) in [5.41, 5.74) is 0. The summed E-state index contributed by atoms with van der Waals surface area (Å²) in [4.78, 5) is 37.4. The van der Waals surface area contributed by atoms with Crippen LogP contribution in [0.1, 0.15) is 252 Å². The van der Waals surface area contributed by atoms with Gasteiger partial charge in [-0.1, -0.05) is 213 Å². The van der Waals surface area contributed by atoms with E-state index in [1.54, 1.807) is 0 Å². The normalized spacial score (nSPS) is 11.8. The van der Waals surface area contributed by atoms with Crippen LogP contribution >= 0.6 is 0 Å². The summed E-state index contributed by atoms with van der Waals surface area (Å²) in [5.74, 6) is -0.866. The van der Waals surface area contributed by atoms with Crippen molar-refractivity contribution < 1.29 is 28.6 Å². The lowest BCUT2D eigenvalue weighted by atomic mass is 10.0. The number of hydrogen-bond acceptors (Lipinski definition) is 6. The highest BCUT2D eigenvalue weighted by atomic mass is 16.6. The van der Waals surface area contributed by atoms with Crippen molar-refractivity contribution in [2.75, 3.05) is 13.2 Å². The molecule has 0 aliphatic rings. The van der Waals surface area contributed by atoms with Crippen LogP contribution in [0.25, 0.3) is 0 Å². The molecule has 1 atom stereocenters. The second-order valence-corrected chi connectivity index (χ2v) is 15.3. The first-order chi connectivity index (χ1) is 25.0. The quantitative estimate of drug-likeness (QED) is 0.0355. The molecule has 6 heteroatoms. The monoisotopic (exact) mass is 723 g/mol. The van der Waals surface area contributed by atoms with E-state index in [0.29, 0.717) is 19.3 Å². The predicted octanol–water partition coefficient (Wildman–Crippen LogP) is 14.1. The Morgan fingerprint density at radius 1 is 0.314 bits per heavy atom. The van der Waals surface area contributed by atoms with E-state index >= 15 is 0 Å². The van der Waals surface area contributed by atoms with Crippen molar-refractivity contribution in [3.05, 3.63) is 0 Å². The van der Waals surface area contributed by atoms with Gasteiger partial charge < -0.3 is 14.2 Å². The van der Waals surface area contributed by atoms with Gasteiger partial charge in [-0.25, -0.2) is 0 Å². The van der Waals surface area contributed by atoms with Gasteiger partial charge in [0.25, 0.3) is 0 Å². The zero-order valence-corrected chi connectivity index (χ0v) is 34.4. The van der Waals surface area contributed by atoms with Gasteiger partial charge in [-0.3, -0.25) is 14.4 Å². The number of ether oxygens (including phenoxy) is 3. The highest BCUT2D eigenvalue weighted by molar-refractivity contribution is 5.71. The van der Waals surface area contributed by atoms with Gasteiger partial charge in [0.05, 0.1) is 0 Å². The van der Waals surface area contributed by atoms with Gasteiger partial charge in [-0.2, -0.15) is 0 Å². The molecule has 0 radical (unpaired) electrons. The van der Waals surface area contributed by atoms with E-state index in [4.69, 9.17) is 14.2 Å². The second-order valence-electron chi connectivity index (χ2n) is 15.3. The molecule has 302 valence electrons. The van der Waals surface area contributed by atoms with E-state index in [-0.39, 0.29) is 31.1 Å². The minimum Gasteiger partial charge on any atom is -0.462 e. The summed E-state index contributed by atoms with van der Waals surface area (Å²) in [6.07, 6.45) is 41.1. The van der Waals surface area contributed by atoms with Gasteiger partial charge >= 0.3 is 17.9 Å². The second kappa shape index (κ2) is 41.2. The van der Waals surface area contributed by atoms with Crippen molar-refractivity contribution in [1.29, 1.82) is 0 Å². The number of unbranched alkanes of at least 4 members (excludes halogenated alkanes) is 30. The fourth-order valence-corrected chi connectivity index (χ4v) is 6.68. The first-order valence-corrected chi connectivity index (χ1v) is 22.5. The van der Waals surface area contributed by atoms with Crippen LogP contribution in [0, 0.1) is 0 Å². The van der Waals surface area contributed by atoms with E-state index in [2.05, 4.69) is 20.8 Å². The molecule has 0 heterocycles. The van der Waals surface area contributed by atoms with Crippen molar-refractivity contribution >= 4 is 17.9 Å². The van der Waals surface area contributed by atoms with Crippen molar-refractivity contribution in [3.63, 3.8) is 0 Å². The summed E-state index contributed by atoms with van der Waals surface area (Å²) in [6.45, 7) is 6.57. The third-order valence-electron chi connectivity index (χ3n) is 10.1. The van der Waals surface area contributed by atoms with Crippen molar-refractivity contribution in [2.45, 2.75) is 258 Å². The van der Waals surface area contributed by atoms with Crippen molar-refractivity contribution in [1.82, 2.24) is 0 Å². The fraction of sp³-hybridized carbons (Fsp3) is 0.933. The average molecular weight is 723 g/mol. The predicted molar refractivity (Wildman–Crippen MR) is 215 cm³/mol. The third kappa shape index (κ3) is 39.5. The van der Waals surface area contributed by atoms with Gasteiger partial charge in [0.2, 0.25) is 0 Å². The molecule has 0 aromatic heterocycles. The number of hydrogen-bond donors (Lipinski definition) is 0. The SMILES string of the molecule is CCCCCCCCCCCCCCCCCC(=O)OC[C@@H](COC(=O)CCCCCCC)OC(=O)CCCCCCCCCCCCCCC. The Hall–Kier alpha value is -1.59. The fourth-order valence-electron chi connectivity index (χ4n) is 6.68. The zero-order chi connectivity index (χ0) is 37.3. The molecule has 0 bridgehead atoms.